The lowest BCUT2D eigenvalue weighted by Gasteiger charge is -2.15. The Morgan fingerprint density at radius 3 is 2.19 bits per heavy atom. The van der Waals surface area contributed by atoms with E-state index in [1.807, 2.05) is 24.3 Å². The third-order valence-corrected chi connectivity index (χ3v) is 3.72. The van der Waals surface area contributed by atoms with Crippen LogP contribution in [0.2, 0.25) is 10.0 Å². The van der Waals surface area contributed by atoms with Gasteiger partial charge in [0.25, 0.3) is 0 Å². The van der Waals surface area contributed by atoms with Gasteiger partial charge in [-0.05, 0) is 49.4 Å². The Labute approximate surface area is 141 Å². The zero-order valence-electron chi connectivity index (χ0n) is 11.2. The molecule has 2 aromatic rings. The minimum atomic E-state index is -0.399. The first kappa shape index (κ1) is 16.1. The van der Waals surface area contributed by atoms with Gasteiger partial charge in [0.15, 0.2) is 0 Å². The molecule has 2 rings (SSSR count). The van der Waals surface area contributed by atoms with Crippen LogP contribution in [0, 0.1) is 0 Å². The highest BCUT2D eigenvalue weighted by atomic mass is 79.9. The maximum Gasteiger partial charge on any atom is 0.246 e. The molecule has 0 fully saturated rings. The van der Waals surface area contributed by atoms with Crippen molar-refractivity contribution < 1.29 is 4.79 Å². The minimum absolute atomic E-state index is 0.170. The molecule has 0 aromatic heterocycles. The van der Waals surface area contributed by atoms with Gasteiger partial charge in [-0.3, -0.25) is 4.79 Å². The van der Waals surface area contributed by atoms with Crippen LogP contribution in [0.15, 0.2) is 46.9 Å². The first-order valence-electron chi connectivity index (χ1n) is 6.23. The molecule has 6 heteroatoms. The molecular formula is C15H13BrCl2N2O. The molecule has 0 saturated carbocycles. The number of halogens is 3. The van der Waals surface area contributed by atoms with Crippen LogP contribution in [0.25, 0.3) is 0 Å². The number of carbonyl (C=O) groups is 1. The number of hydrogen-bond donors (Lipinski definition) is 2. The predicted octanol–water partition coefficient (Wildman–Crippen LogP) is 5.20. The van der Waals surface area contributed by atoms with Crippen LogP contribution in [0.3, 0.4) is 0 Å². The molecule has 0 saturated heterocycles. The van der Waals surface area contributed by atoms with Crippen LogP contribution in [0.1, 0.15) is 6.92 Å². The van der Waals surface area contributed by atoms with E-state index in [9.17, 15) is 4.79 Å². The lowest BCUT2D eigenvalue weighted by atomic mass is 10.2. The fourth-order valence-electron chi connectivity index (χ4n) is 1.74. The summed E-state index contributed by atoms with van der Waals surface area (Å²) in [7, 11) is 0. The Morgan fingerprint density at radius 2 is 1.62 bits per heavy atom. The monoisotopic (exact) mass is 386 g/mol. The molecule has 0 unspecified atom stereocenters. The van der Waals surface area contributed by atoms with Crippen LogP contribution in [-0.2, 0) is 4.79 Å². The fraction of sp³-hybridized carbons (Fsp3) is 0.133. The summed E-state index contributed by atoms with van der Waals surface area (Å²) in [6.07, 6.45) is 0. The van der Waals surface area contributed by atoms with Crippen LogP contribution < -0.4 is 10.6 Å². The van der Waals surface area contributed by atoms with Crippen molar-refractivity contribution >= 4 is 56.4 Å². The van der Waals surface area contributed by atoms with Crippen molar-refractivity contribution in [2.45, 2.75) is 13.0 Å². The molecule has 1 amide bonds. The van der Waals surface area contributed by atoms with Crippen molar-refractivity contribution in [3.05, 3.63) is 57.0 Å². The summed E-state index contributed by atoms with van der Waals surface area (Å²) in [6, 6.07) is 12.1. The molecule has 0 heterocycles. The molecule has 110 valence electrons. The van der Waals surface area contributed by atoms with Crippen molar-refractivity contribution in [2.24, 2.45) is 0 Å². The molecule has 21 heavy (non-hydrogen) atoms. The number of hydrogen-bond acceptors (Lipinski definition) is 2. The number of carbonyl (C=O) groups excluding carboxylic acids is 1. The summed E-state index contributed by atoms with van der Waals surface area (Å²) < 4.78 is 0.985. The molecule has 2 N–H and O–H groups in total. The molecule has 1 atom stereocenters. The van der Waals surface area contributed by atoms with Gasteiger partial charge >= 0.3 is 0 Å². The van der Waals surface area contributed by atoms with Crippen molar-refractivity contribution in [3.63, 3.8) is 0 Å². The molecule has 0 spiro atoms. The van der Waals surface area contributed by atoms with E-state index < -0.39 is 6.04 Å². The third-order valence-electron chi connectivity index (χ3n) is 2.75. The molecule has 2 aromatic carbocycles. The zero-order chi connectivity index (χ0) is 15.4. The van der Waals surface area contributed by atoms with Crippen LogP contribution in [0.4, 0.5) is 11.4 Å². The molecule has 3 nitrogen and oxygen atoms in total. The van der Waals surface area contributed by atoms with E-state index in [0.29, 0.717) is 15.7 Å². The third kappa shape index (κ3) is 4.92. The smallest absolute Gasteiger partial charge is 0.246 e. The van der Waals surface area contributed by atoms with E-state index in [-0.39, 0.29) is 5.91 Å². The lowest BCUT2D eigenvalue weighted by molar-refractivity contribution is -0.116. The highest BCUT2D eigenvalue weighted by Crippen LogP contribution is 2.22. The van der Waals surface area contributed by atoms with E-state index in [4.69, 9.17) is 23.2 Å². The van der Waals surface area contributed by atoms with Crippen molar-refractivity contribution in [3.8, 4) is 0 Å². The zero-order valence-corrected chi connectivity index (χ0v) is 14.3. The Hall–Kier alpha value is -1.23. The summed E-state index contributed by atoms with van der Waals surface area (Å²) in [5.74, 6) is -0.170. The Balaban J connectivity index is 2.00. The summed E-state index contributed by atoms with van der Waals surface area (Å²) in [4.78, 5) is 12.1. The van der Waals surface area contributed by atoms with Crippen molar-refractivity contribution in [1.29, 1.82) is 0 Å². The number of nitrogens with one attached hydrogen (secondary N) is 2. The average molecular weight is 388 g/mol. The molecule has 0 radical (unpaired) electrons. The van der Waals surface area contributed by atoms with E-state index in [0.717, 1.165) is 10.2 Å². The van der Waals surface area contributed by atoms with E-state index in [1.165, 1.54) is 0 Å². The predicted molar refractivity (Wildman–Crippen MR) is 92.3 cm³/mol. The molecule has 0 aliphatic heterocycles. The van der Waals surface area contributed by atoms with Gasteiger partial charge in [0.05, 0.1) is 0 Å². The first-order valence-corrected chi connectivity index (χ1v) is 7.78. The number of anilines is 2. The van der Waals surface area contributed by atoms with Gasteiger partial charge in [-0.25, -0.2) is 0 Å². The van der Waals surface area contributed by atoms with Gasteiger partial charge in [-0.15, -0.1) is 0 Å². The van der Waals surface area contributed by atoms with Gasteiger partial charge < -0.3 is 10.6 Å². The molecular weight excluding hydrogens is 375 g/mol. The maximum atomic E-state index is 12.1. The Kier molecular flexibility index (Phi) is 5.51. The summed E-state index contributed by atoms with van der Waals surface area (Å²) in [6.45, 7) is 1.78. The molecule has 0 aliphatic rings. The summed E-state index contributed by atoms with van der Waals surface area (Å²) >= 11 is 15.2. The van der Waals surface area contributed by atoms with Gasteiger partial charge in [0, 0.05) is 25.9 Å². The largest absolute Gasteiger partial charge is 0.374 e. The van der Waals surface area contributed by atoms with Crippen LogP contribution >= 0.6 is 39.1 Å². The standard InChI is InChI=1S/C15H13BrCl2N2O/c1-9(19-13-4-2-10(16)3-5-13)15(21)20-14-7-11(17)6-12(18)8-14/h2-9,19H,1H3,(H,20,21)/t9-/m0/s1. The normalized spacial score (nSPS) is 11.8. The summed E-state index contributed by atoms with van der Waals surface area (Å²) in [5, 5.41) is 6.85. The van der Waals surface area contributed by atoms with Crippen LogP contribution in [0.5, 0.6) is 0 Å². The summed E-state index contributed by atoms with van der Waals surface area (Å²) in [5.41, 5.74) is 1.44. The number of rotatable bonds is 4. The highest BCUT2D eigenvalue weighted by molar-refractivity contribution is 9.10. The molecule has 0 bridgehead atoms. The Morgan fingerprint density at radius 1 is 1.05 bits per heavy atom. The average Bonchev–Trinajstić information content (AvgIpc) is 2.40. The number of benzene rings is 2. The lowest BCUT2D eigenvalue weighted by Crippen LogP contribution is -2.31. The van der Waals surface area contributed by atoms with E-state index >= 15 is 0 Å². The van der Waals surface area contributed by atoms with E-state index in [2.05, 4.69) is 26.6 Å². The second-order valence-electron chi connectivity index (χ2n) is 4.52. The van der Waals surface area contributed by atoms with Gasteiger partial charge in [0.2, 0.25) is 5.91 Å². The second kappa shape index (κ2) is 7.16. The second-order valence-corrected chi connectivity index (χ2v) is 6.31. The van der Waals surface area contributed by atoms with Gasteiger partial charge in [-0.1, -0.05) is 39.1 Å². The maximum absolute atomic E-state index is 12.1. The SMILES string of the molecule is C[C@H](Nc1ccc(Br)cc1)C(=O)Nc1cc(Cl)cc(Cl)c1. The van der Waals surface area contributed by atoms with Crippen LogP contribution in [-0.4, -0.2) is 11.9 Å². The van der Waals surface area contributed by atoms with Crippen molar-refractivity contribution in [1.82, 2.24) is 0 Å². The van der Waals surface area contributed by atoms with Gasteiger partial charge in [-0.2, -0.15) is 0 Å². The topological polar surface area (TPSA) is 41.1 Å². The van der Waals surface area contributed by atoms with Gasteiger partial charge in [0.1, 0.15) is 6.04 Å². The minimum Gasteiger partial charge on any atom is -0.374 e. The quantitative estimate of drug-likeness (QED) is 0.757. The van der Waals surface area contributed by atoms with Crippen molar-refractivity contribution in [2.75, 3.05) is 10.6 Å². The first-order chi connectivity index (χ1) is 9.94. The highest BCUT2D eigenvalue weighted by Gasteiger charge is 2.13. The Bertz CT molecular complexity index is 626. The molecule has 0 aliphatic carbocycles. The number of amides is 1. The van der Waals surface area contributed by atoms with E-state index in [1.54, 1.807) is 25.1 Å². The fourth-order valence-corrected chi connectivity index (χ4v) is 2.53.